The maximum Gasteiger partial charge on any atom is 0.223 e. The molecule has 1 aliphatic heterocycles. The van der Waals surface area contributed by atoms with Crippen LogP contribution in [0.5, 0.6) is 0 Å². The second kappa shape index (κ2) is 8.28. The summed E-state index contributed by atoms with van der Waals surface area (Å²) in [5, 5.41) is 8.98. The molecule has 1 fully saturated rings. The molecule has 0 aromatic carbocycles. The van der Waals surface area contributed by atoms with E-state index in [1.165, 1.54) is 4.88 Å². The smallest absolute Gasteiger partial charge is 0.223 e. The molecule has 1 amide bonds. The summed E-state index contributed by atoms with van der Waals surface area (Å²) in [7, 11) is 3.61. The summed E-state index contributed by atoms with van der Waals surface area (Å²) in [5.74, 6) is 0.409. The van der Waals surface area contributed by atoms with Crippen LogP contribution in [-0.4, -0.2) is 52.4 Å². The highest BCUT2D eigenvalue weighted by atomic mass is 32.1. The predicted octanol–water partition coefficient (Wildman–Crippen LogP) is 1.82. The molecule has 3 rings (SSSR count). The number of nitrogens with one attached hydrogen (secondary N) is 1. The highest BCUT2D eigenvalue weighted by molar-refractivity contribution is 7.11. The van der Waals surface area contributed by atoms with Crippen molar-refractivity contribution in [1.82, 2.24) is 25.0 Å². The van der Waals surface area contributed by atoms with E-state index >= 15 is 0 Å². The number of ether oxygens (including phenoxy) is 1. The number of amides is 1. The Bertz CT molecular complexity index is 757. The fraction of sp³-hybridized carbons (Fsp3) is 0.611. The lowest BCUT2D eigenvalue weighted by molar-refractivity contribution is -0.129. The van der Waals surface area contributed by atoms with Crippen molar-refractivity contribution in [1.29, 1.82) is 0 Å². The first-order valence-electron chi connectivity index (χ1n) is 8.90. The second-order valence-electron chi connectivity index (χ2n) is 6.77. The first-order chi connectivity index (χ1) is 12.5. The summed E-state index contributed by atoms with van der Waals surface area (Å²) in [5.41, 5.74) is 2.24. The van der Waals surface area contributed by atoms with Crippen molar-refractivity contribution in [3.8, 4) is 0 Å². The van der Waals surface area contributed by atoms with Gasteiger partial charge in [0.05, 0.1) is 23.9 Å². The number of carbonyl (C=O) groups is 1. The van der Waals surface area contributed by atoms with Crippen LogP contribution >= 0.6 is 11.3 Å². The number of nitrogens with zero attached hydrogens (tertiary/aromatic N) is 4. The van der Waals surface area contributed by atoms with Crippen molar-refractivity contribution in [2.24, 2.45) is 13.0 Å². The summed E-state index contributed by atoms with van der Waals surface area (Å²) >= 11 is 1.70. The van der Waals surface area contributed by atoms with Crippen LogP contribution in [0.2, 0.25) is 0 Å². The van der Waals surface area contributed by atoms with Crippen molar-refractivity contribution in [2.45, 2.75) is 32.9 Å². The zero-order valence-electron chi connectivity index (χ0n) is 15.9. The first-order valence-corrected chi connectivity index (χ1v) is 9.71. The average Bonchev–Trinajstić information content (AvgIpc) is 3.26. The van der Waals surface area contributed by atoms with Gasteiger partial charge in [-0.05, 0) is 13.8 Å². The fourth-order valence-corrected chi connectivity index (χ4v) is 4.36. The number of methoxy groups -OCH3 is 1. The van der Waals surface area contributed by atoms with Crippen molar-refractivity contribution < 1.29 is 9.53 Å². The predicted molar refractivity (Wildman–Crippen MR) is 101 cm³/mol. The number of thiazole rings is 1. The van der Waals surface area contributed by atoms with Gasteiger partial charge in [-0.1, -0.05) is 0 Å². The van der Waals surface area contributed by atoms with Crippen molar-refractivity contribution in [3.05, 3.63) is 33.5 Å². The number of hydrogen-bond acceptors (Lipinski definition) is 6. The molecule has 2 atom stereocenters. The van der Waals surface area contributed by atoms with Crippen LogP contribution in [-0.2, 0) is 23.1 Å². The summed E-state index contributed by atoms with van der Waals surface area (Å²) in [6.45, 7) is 6.79. The lowest BCUT2D eigenvalue weighted by Gasteiger charge is -2.28. The van der Waals surface area contributed by atoms with E-state index in [0.29, 0.717) is 19.6 Å². The van der Waals surface area contributed by atoms with Gasteiger partial charge in [-0.3, -0.25) is 9.48 Å². The van der Waals surface area contributed by atoms with Gasteiger partial charge in [0.1, 0.15) is 0 Å². The molecule has 1 N–H and O–H groups in total. The Morgan fingerprint density at radius 1 is 1.38 bits per heavy atom. The molecule has 0 saturated carbocycles. The van der Waals surface area contributed by atoms with Crippen LogP contribution in [0.1, 0.15) is 33.6 Å². The highest BCUT2D eigenvalue weighted by Gasteiger charge is 2.41. The molecule has 1 saturated heterocycles. The van der Waals surface area contributed by atoms with E-state index in [1.54, 1.807) is 18.4 Å². The molecule has 2 aromatic rings. The molecule has 3 heterocycles. The number of aryl methyl sites for hydroxylation is 2. The largest absolute Gasteiger partial charge is 0.383 e. The van der Waals surface area contributed by atoms with Crippen LogP contribution in [0.15, 0.2) is 12.4 Å². The minimum atomic E-state index is 0.0436. The monoisotopic (exact) mass is 377 g/mol. The molecule has 0 bridgehead atoms. The van der Waals surface area contributed by atoms with Crippen molar-refractivity contribution >= 4 is 17.2 Å². The second-order valence-corrected chi connectivity index (χ2v) is 8.09. The molecule has 1 aliphatic rings. The van der Waals surface area contributed by atoms with Gasteiger partial charge in [-0.15, -0.1) is 11.3 Å². The molecule has 0 radical (unpaired) electrons. The molecule has 142 valence electrons. The summed E-state index contributed by atoms with van der Waals surface area (Å²) in [6.07, 6.45) is 4.37. The highest BCUT2D eigenvalue weighted by Crippen LogP contribution is 2.38. The van der Waals surface area contributed by atoms with Gasteiger partial charge in [-0.2, -0.15) is 5.10 Å². The Morgan fingerprint density at radius 3 is 2.81 bits per heavy atom. The lowest BCUT2D eigenvalue weighted by atomic mass is 9.94. The van der Waals surface area contributed by atoms with E-state index in [-0.39, 0.29) is 17.9 Å². The van der Waals surface area contributed by atoms with E-state index in [2.05, 4.69) is 22.3 Å². The third-order valence-electron chi connectivity index (χ3n) is 5.04. The number of aromatic nitrogens is 3. The third-order valence-corrected chi connectivity index (χ3v) is 5.96. The van der Waals surface area contributed by atoms with Crippen molar-refractivity contribution in [2.75, 3.05) is 26.8 Å². The Balaban J connectivity index is 1.73. The molecule has 0 aliphatic carbocycles. The van der Waals surface area contributed by atoms with Gasteiger partial charge in [0.25, 0.3) is 0 Å². The van der Waals surface area contributed by atoms with E-state index in [4.69, 9.17) is 4.74 Å². The number of rotatable bonds is 8. The van der Waals surface area contributed by atoms with Crippen LogP contribution in [0.25, 0.3) is 0 Å². The molecule has 0 spiro atoms. The van der Waals surface area contributed by atoms with Gasteiger partial charge >= 0.3 is 0 Å². The fourth-order valence-electron chi connectivity index (χ4n) is 3.60. The van der Waals surface area contributed by atoms with Crippen LogP contribution < -0.4 is 5.32 Å². The number of hydrogen-bond donors (Lipinski definition) is 1. The van der Waals surface area contributed by atoms with Gasteiger partial charge in [0.2, 0.25) is 5.91 Å². The Hall–Kier alpha value is -1.77. The minimum absolute atomic E-state index is 0.0436. The SMILES string of the molecule is COCCN1C(=O)C[C@@H](CNCc2cnc(C)s2)[C@@H]1c1cnn(C)c1C. The van der Waals surface area contributed by atoms with Crippen molar-refractivity contribution in [3.63, 3.8) is 0 Å². The lowest BCUT2D eigenvalue weighted by Crippen LogP contribution is -2.34. The van der Waals surface area contributed by atoms with Crippen LogP contribution in [0, 0.1) is 19.8 Å². The third kappa shape index (κ3) is 3.97. The van der Waals surface area contributed by atoms with Crippen LogP contribution in [0.4, 0.5) is 0 Å². The van der Waals surface area contributed by atoms with Gasteiger partial charge < -0.3 is 15.0 Å². The first kappa shape index (κ1) is 19.0. The van der Waals surface area contributed by atoms with Crippen LogP contribution in [0.3, 0.4) is 0 Å². The molecular formula is C18H27N5O2S. The molecular weight excluding hydrogens is 350 g/mol. The normalized spacial score (nSPS) is 20.3. The maximum atomic E-state index is 12.6. The van der Waals surface area contributed by atoms with E-state index in [0.717, 1.165) is 29.4 Å². The number of likely N-dealkylation sites (tertiary alicyclic amines) is 1. The molecule has 8 heteroatoms. The summed E-state index contributed by atoms with van der Waals surface area (Å²) in [4.78, 5) is 20.1. The Morgan fingerprint density at radius 2 is 2.19 bits per heavy atom. The summed E-state index contributed by atoms with van der Waals surface area (Å²) in [6, 6.07) is 0.0436. The molecule has 2 aromatic heterocycles. The maximum absolute atomic E-state index is 12.6. The van der Waals surface area contributed by atoms with E-state index in [1.807, 2.05) is 35.9 Å². The molecule has 26 heavy (non-hydrogen) atoms. The zero-order chi connectivity index (χ0) is 18.7. The molecule has 0 unspecified atom stereocenters. The quantitative estimate of drug-likeness (QED) is 0.760. The topological polar surface area (TPSA) is 72.3 Å². The Kier molecular flexibility index (Phi) is 6.05. The Labute approximate surface area is 158 Å². The standard InChI is InChI=1S/C18H27N5O2S/c1-12-16(11-21-22(12)3)18-14(7-17(24)23(18)5-6-25-4)8-19-9-15-10-20-13(2)26-15/h10-11,14,18-19H,5-9H2,1-4H3/t14-,18+/m0/s1. The van der Waals surface area contributed by atoms with Gasteiger partial charge in [-0.25, -0.2) is 4.98 Å². The zero-order valence-corrected chi connectivity index (χ0v) is 16.7. The van der Waals surface area contributed by atoms with Gasteiger partial charge in [0, 0.05) is 68.5 Å². The molecule has 7 nitrogen and oxygen atoms in total. The van der Waals surface area contributed by atoms with Gasteiger partial charge in [0.15, 0.2) is 0 Å². The van der Waals surface area contributed by atoms with E-state index in [9.17, 15) is 4.79 Å². The average molecular weight is 378 g/mol. The number of carbonyl (C=O) groups excluding carboxylic acids is 1. The minimum Gasteiger partial charge on any atom is -0.383 e. The van der Waals surface area contributed by atoms with E-state index < -0.39 is 0 Å². The summed E-state index contributed by atoms with van der Waals surface area (Å²) < 4.78 is 7.08.